The van der Waals surface area contributed by atoms with Gasteiger partial charge in [0.2, 0.25) is 0 Å². The molecule has 88 valence electrons. The molecule has 3 nitrogen and oxygen atoms in total. The van der Waals surface area contributed by atoms with Crippen LogP contribution in [0.15, 0.2) is 12.2 Å². The quantitative estimate of drug-likeness (QED) is 0.544. The maximum Gasteiger partial charge on any atom is 0.326 e. The van der Waals surface area contributed by atoms with Crippen molar-refractivity contribution in [3.05, 3.63) is 12.2 Å². The molecule has 1 aliphatic carbocycles. The van der Waals surface area contributed by atoms with Crippen LogP contribution in [-0.4, -0.2) is 13.1 Å². The van der Waals surface area contributed by atoms with Gasteiger partial charge in [-0.1, -0.05) is 18.4 Å². The summed E-state index contributed by atoms with van der Waals surface area (Å²) in [4.78, 5) is 11.8. The molecule has 0 radical (unpaired) electrons. The highest BCUT2D eigenvalue weighted by molar-refractivity contribution is 5.80. The Morgan fingerprint density at radius 3 is 2.81 bits per heavy atom. The van der Waals surface area contributed by atoms with Crippen LogP contribution < -0.4 is 0 Å². The van der Waals surface area contributed by atoms with Gasteiger partial charge in [-0.15, -0.1) is 6.58 Å². The molecule has 0 aliphatic heterocycles. The minimum absolute atomic E-state index is 0.0659. The van der Waals surface area contributed by atoms with Gasteiger partial charge >= 0.3 is 5.97 Å². The molecule has 1 fully saturated rings. The lowest BCUT2D eigenvalue weighted by Crippen LogP contribution is -2.41. The van der Waals surface area contributed by atoms with Gasteiger partial charge in [-0.3, -0.25) is 4.79 Å². The molecule has 0 aromatic heterocycles. The van der Waals surface area contributed by atoms with E-state index in [9.17, 15) is 10.1 Å². The molecular formula is C13H19NO2. The van der Waals surface area contributed by atoms with Crippen molar-refractivity contribution in [1.82, 2.24) is 0 Å². The summed E-state index contributed by atoms with van der Waals surface area (Å²) in [7, 11) is 1.36. The van der Waals surface area contributed by atoms with E-state index in [1.165, 1.54) is 7.11 Å². The number of rotatable bonds is 3. The Bertz CT molecular complexity index is 329. The fraction of sp³-hybridized carbons (Fsp3) is 0.692. The van der Waals surface area contributed by atoms with Gasteiger partial charge in [0.05, 0.1) is 13.2 Å². The lowest BCUT2D eigenvalue weighted by Gasteiger charge is -2.36. The molecule has 0 N–H and O–H groups in total. The third-order valence-corrected chi connectivity index (χ3v) is 3.41. The number of hydrogen-bond donors (Lipinski definition) is 0. The number of allylic oxidation sites excluding steroid dienone is 1. The fourth-order valence-corrected chi connectivity index (χ4v) is 2.59. The number of carbonyl (C=O) groups excluding carboxylic acids is 1. The Kier molecular flexibility index (Phi) is 4.12. The zero-order valence-corrected chi connectivity index (χ0v) is 10.1. The number of nitriles is 1. The summed E-state index contributed by atoms with van der Waals surface area (Å²) in [6.45, 7) is 5.81. The van der Waals surface area contributed by atoms with Crippen LogP contribution >= 0.6 is 0 Å². The van der Waals surface area contributed by atoms with Crippen LogP contribution in [0, 0.1) is 22.7 Å². The molecule has 3 heteroatoms. The lowest BCUT2D eigenvalue weighted by atomic mass is 9.65. The SMILES string of the molecule is C=C(C)CC1CCCCC1(C#N)C(=O)OC. The molecular weight excluding hydrogens is 202 g/mol. The first-order valence-corrected chi connectivity index (χ1v) is 5.71. The zero-order valence-electron chi connectivity index (χ0n) is 10.1. The molecule has 0 bridgehead atoms. The van der Waals surface area contributed by atoms with E-state index in [1.54, 1.807) is 0 Å². The predicted octanol–water partition coefficient (Wildman–Crippen LogP) is 2.83. The first-order valence-electron chi connectivity index (χ1n) is 5.71. The van der Waals surface area contributed by atoms with Gasteiger partial charge in [-0.05, 0) is 32.1 Å². The van der Waals surface area contributed by atoms with Crippen molar-refractivity contribution in [1.29, 1.82) is 5.26 Å². The highest BCUT2D eigenvalue weighted by Gasteiger charge is 2.48. The molecule has 16 heavy (non-hydrogen) atoms. The van der Waals surface area contributed by atoms with Gasteiger partial charge < -0.3 is 4.74 Å². The summed E-state index contributed by atoms with van der Waals surface area (Å²) in [5.74, 6) is -0.308. The van der Waals surface area contributed by atoms with E-state index in [1.807, 2.05) is 6.92 Å². The number of carbonyl (C=O) groups is 1. The highest BCUT2D eigenvalue weighted by atomic mass is 16.5. The molecule has 2 unspecified atom stereocenters. The second-order valence-corrected chi connectivity index (χ2v) is 4.68. The van der Waals surface area contributed by atoms with Crippen molar-refractivity contribution in [3.8, 4) is 6.07 Å². The van der Waals surface area contributed by atoms with E-state index in [0.29, 0.717) is 6.42 Å². The van der Waals surface area contributed by atoms with E-state index in [4.69, 9.17) is 4.74 Å². The van der Waals surface area contributed by atoms with E-state index in [2.05, 4.69) is 12.6 Å². The van der Waals surface area contributed by atoms with Gasteiger partial charge in [0, 0.05) is 0 Å². The van der Waals surface area contributed by atoms with Crippen molar-refractivity contribution in [2.24, 2.45) is 11.3 Å². The maximum absolute atomic E-state index is 11.8. The predicted molar refractivity (Wildman–Crippen MR) is 61.5 cm³/mol. The monoisotopic (exact) mass is 221 g/mol. The van der Waals surface area contributed by atoms with Crippen molar-refractivity contribution in [2.75, 3.05) is 7.11 Å². The van der Waals surface area contributed by atoms with E-state index >= 15 is 0 Å². The van der Waals surface area contributed by atoms with Gasteiger partial charge in [-0.2, -0.15) is 5.26 Å². The molecule has 1 aliphatic rings. The van der Waals surface area contributed by atoms with Crippen LogP contribution in [0.4, 0.5) is 0 Å². The number of hydrogen-bond acceptors (Lipinski definition) is 3. The molecule has 0 heterocycles. The van der Waals surface area contributed by atoms with Crippen molar-refractivity contribution in [3.63, 3.8) is 0 Å². The van der Waals surface area contributed by atoms with E-state index in [0.717, 1.165) is 31.3 Å². The molecule has 0 aromatic rings. The summed E-state index contributed by atoms with van der Waals surface area (Å²) in [6, 6.07) is 2.21. The molecule has 2 atom stereocenters. The standard InChI is InChI=1S/C13H19NO2/c1-10(2)8-11-6-4-5-7-13(11,9-14)12(15)16-3/h11H,1,4-8H2,2-3H3. The van der Waals surface area contributed by atoms with Gasteiger partial charge in [0.1, 0.15) is 0 Å². The summed E-state index contributed by atoms with van der Waals surface area (Å²) >= 11 is 0. The third kappa shape index (κ3) is 2.27. The molecule has 1 rings (SSSR count). The van der Waals surface area contributed by atoms with Crippen LogP contribution in [0.1, 0.15) is 39.0 Å². The summed E-state index contributed by atoms with van der Waals surface area (Å²) in [5, 5.41) is 9.35. The lowest BCUT2D eigenvalue weighted by molar-refractivity contribution is -0.154. The van der Waals surface area contributed by atoms with E-state index < -0.39 is 5.41 Å². The highest BCUT2D eigenvalue weighted by Crippen LogP contribution is 2.44. The summed E-state index contributed by atoms with van der Waals surface area (Å²) < 4.78 is 4.80. The Morgan fingerprint density at radius 2 is 2.31 bits per heavy atom. The topological polar surface area (TPSA) is 50.1 Å². The van der Waals surface area contributed by atoms with Gasteiger partial charge in [0.25, 0.3) is 0 Å². The number of esters is 1. The van der Waals surface area contributed by atoms with Crippen LogP contribution in [-0.2, 0) is 9.53 Å². The van der Waals surface area contributed by atoms with Gasteiger partial charge in [-0.25, -0.2) is 0 Å². The maximum atomic E-state index is 11.8. The third-order valence-electron chi connectivity index (χ3n) is 3.41. The van der Waals surface area contributed by atoms with Crippen molar-refractivity contribution < 1.29 is 9.53 Å². The van der Waals surface area contributed by atoms with Crippen LogP contribution in [0.25, 0.3) is 0 Å². The molecule has 1 saturated carbocycles. The fourth-order valence-electron chi connectivity index (χ4n) is 2.59. The minimum atomic E-state index is -0.939. The average molecular weight is 221 g/mol. The average Bonchev–Trinajstić information content (AvgIpc) is 2.28. The van der Waals surface area contributed by atoms with Crippen molar-refractivity contribution in [2.45, 2.75) is 39.0 Å². The Labute approximate surface area is 97.1 Å². The Morgan fingerprint density at radius 1 is 1.62 bits per heavy atom. The smallest absolute Gasteiger partial charge is 0.326 e. The van der Waals surface area contributed by atoms with Crippen LogP contribution in [0.5, 0.6) is 0 Å². The minimum Gasteiger partial charge on any atom is -0.468 e. The first-order chi connectivity index (χ1) is 7.56. The summed E-state index contributed by atoms with van der Waals surface area (Å²) in [5.41, 5.74) is 0.0850. The van der Waals surface area contributed by atoms with Gasteiger partial charge in [0.15, 0.2) is 5.41 Å². The van der Waals surface area contributed by atoms with E-state index in [-0.39, 0.29) is 11.9 Å². The normalized spacial score (nSPS) is 29.2. The Hall–Kier alpha value is -1.30. The second-order valence-electron chi connectivity index (χ2n) is 4.68. The first kappa shape index (κ1) is 12.8. The molecule has 0 aromatic carbocycles. The van der Waals surface area contributed by atoms with Crippen molar-refractivity contribution >= 4 is 5.97 Å². The van der Waals surface area contributed by atoms with Crippen LogP contribution in [0.3, 0.4) is 0 Å². The number of nitrogens with zero attached hydrogens (tertiary/aromatic N) is 1. The molecule has 0 amide bonds. The van der Waals surface area contributed by atoms with Crippen LogP contribution in [0.2, 0.25) is 0 Å². The summed E-state index contributed by atoms with van der Waals surface area (Å²) in [6.07, 6.45) is 4.28. The number of ether oxygens (including phenoxy) is 1. The largest absolute Gasteiger partial charge is 0.468 e. The second kappa shape index (κ2) is 5.16. The Balaban J connectivity index is 2.97. The zero-order chi connectivity index (χ0) is 12.2. The number of methoxy groups -OCH3 is 1. The molecule has 0 saturated heterocycles. The molecule has 0 spiro atoms.